The molecule has 0 saturated carbocycles. The van der Waals surface area contributed by atoms with Gasteiger partial charge >= 0.3 is 0 Å². The molecule has 21 heavy (non-hydrogen) atoms. The Morgan fingerprint density at radius 1 is 1.29 bits per heavy atom. The summed E-state index contributed by atoms with van der Waals surface area (Å²) in [5.41, 5.74) is 7.22. The van der Waals surface area contributed by atoms with Gasteiger partial charge in [0.1, 0.15) is 5.75 Å². The molecule has 0 aliphatic heterocycles. The van der Waals surface area contributed by atoms with Gasteiger partial charge in [0.25, 0.3) is 0 Å². The van der Waals surface area contributed by atoms with Crippen LogP contribution < -0.4 is 10.5 Å². The van der Waals surface area contributed by atoms with Gasteiger partial charge in [-0.05, 0) is 42.3 Å². The van der Waals surface area contributed by atoms with Crippen molar-refractivity contribution in [2.45, 2.75) is 24.3 Å². The van der Waals surface area contributed by atoms with Crippen LogP contribution in [-0.2, 0) is 0 Å². The highest BCUT2D eigenvalue weighted by molar-refractivity contribution is 7.99. The second-order valence-electron chi connectivity index (χ2n) is 4.67. The van der Waals surface area contributed by atoms with E-state index < -0.39 is 0 Å². The molecule has 2 aromatic rings. The van der Waals surface area contributed by atoms with E-state index in [0.29, 0.717) is 6.61 Å². The number of thioether (sulfide) groups is 1. The van der Waals surface area contributed by atoms with E-state index in [0.717, 1.165) is 33.4 Å². The van der Waals surface area contributed by atoms with Crippen LogP contribution in [0.1, 0.15) is 24.9 Å². The summed E-state index contributed by atoms with van der Waals surface area (Å²) in [7, 11) is 0. The Hall–Kier alpha value is -1.23. The maximum Gasteiger partial charge on any atom is 0.137 e. The third kappa shape index (κ3) is 5.23. The maximum atomic E-state index is 6.23. The molecule has 0 saturated heterocycles. The summed E-state index contributed by atoms with van der Waals surface area (Å²) in [6.45, 7) is 2.77. The van der Waals surface area contributed by atoms with Crippen LogP contribution in [-0.4, -0.2) is 17.3 Å². The van der Waals surface area contributed by atoms with Gasteiger partial charge in [0, 0.05) is 27.9 Å². The lowest BCUT2D eigenvalue weighted by Crippen LogP contribution is -2.13. The SMILES string of the molecule is CCCOc1cncc(C(N)CSc2ccc(Cl)cc2)c1. The molecule has 112 valence electrons. The lowest BCUT2D eigenvalue weighted by Gasteiger charge is -2.13. The van der Waals surface area contributed by atoms with Crippen LogP contribution in [0, 0.1) is 0 Å². The average molecular weight is 323 g/mol. The highest BCUT2D eigenvalue weighted by Gasteiger charge is 2.09. The smallest absolute Gasteiger partial charge is 0.137 e. The molecule has 0 spiro atoms. The third-order valence-electron chi connectivity index (χ3n) is 2.88. The van der Waals surface area contributed by atoms with Gasteiger partial charge < -0.3 is 10.5 Å². The van der Waals surface area contributed by atoms with E-state index in [2.05, 4.69) is 11.9 Å². The molecule has 3 nitrogen and oxygen atoms in total. The Balaban J connectivity index is 1.93. The van der Waals surface area contributed by atoms with Crippen molar-refractivity contribution < 1.29 is 4.74 Å². The van der Waals surface area contributed by atoms with Gasteiger partial charge in [-0.25, -0.2) is 0 Å². The highest BCUT2D eigenvalue weighted by atomic mass is 35.5. The summed E-state index contributed by atoms with van der Waals surface area (Å²) < 4.78 is 5.58. The van der Waals surface area contributed by atoms with E-state index in [1.54, 1.807) is 24.2 Å². The molecule has 1 aromatic carbocycles. The van der Waals surface area contributed by atoms with Gasteiger partial charge in [-0.1, -0.05) is 18.5 Å². The predicted octanol–water partition coefficient (Wildman–Crippen LogP) is 4.32. The summed E-state index contributed by atoms with van der Waals surface area (Å²) in [4.78, 5) is 5.35. The maximum absolute atomic E-state index is 6.23. The lowest BCUT2D eigenvalue weighted by molar-refractivity contribution is 0.315. The van der Waals surface area contributed by atoms with Crippen LogP contribution in [0.4, 0.5) is 0 Å². The number of ether oxygens (including phenoxy) is 1. The van der Waals surface area contributed by atoms with Gasteiger partial charge in [0.05, 0.1) is 12.8 Å². The Morgan fingerprint density at radius 2 is 2.05 bits per heavy atom. The van der Waals surface area contributed by atoms with Crippen molar-refractivity contribution in [3.63, 3.8) is 0 Å². The topological polar surface area (TPSA) is 48.1 Å². The molecular formula is C16H19ClN2OS. The second kappa shape index (κ2) is 8.27. The fourth-order valence-corrected chi connectivity index (χ4v) is 2.77. The van der Waals surface area contributed by atoms with Crippen LogP contribution >= 0.6 is 23.4 Å². The summed E-state index contributed by atoms with van der Waals surface area (Å²) in [5.74, 6) is 1.56. The first-order valence-electron chi connectivity index (χ1n) is 6.90. The number of hydrogen-bond acceptors (Lipinski definition) is 4. The van der Waals surface area contributed by atoms with Crippen LogP contribution in [0.15, 0.2) is 47.6 Å². The van der Waals surface area contributed by atoms with E-state index in [-0.39, 0.29) is 6.04 Å². The molecule has 0 amide bonds. The normalized spacial score (nSPS) is 12.1. The Bertz CT molecular complexity index is 562. The molecule has 2 N–H and O–H groups in total. The zero-order valence-corrected chi connectivity index (χ0v) is 13.5. The summed E-state index contributed by atoms with van der Waals surface area (Å²) in [6.07, 6.45) is 4.49. The molecule has 0 fully saturated rings. The molecule has 1 heterocycles. The third-order valence-corrected chi connectivity index (χ3v) is 4.26. The molecule has 1 aromatic heterocycles. The molecule has 5 heteroatoms. The monoisotopic (exact) mass is 322 g/mol. The first-order chi connectivity index (χ1) is 10.2. The predicted molar refractivity (Wildman–Crippen MR) is 89.1 cm³/mol. The van der Waals surface area contributed by atoms with Crippen molar-refractivity contribution in [2.75, 3.05) is 12.4 Å². The van der Waals surface area contributed by atoms with E-state index in [1.807, 2.05) is 30.3 Å². The zero-order valence-electron chi connectivity index (χ0n) is 12.0. The summed E-state index contributed by atoms with van der Waals surface area (Å²) >= 11 is 7.58. The van der Waals surface area contributed by atoms with Crippen molar-refractivity contribution in [1.82, 2.24) is 4.98 Å². The summed E-state index contributed by atoms with van der Waals surface area (Å²) in [5, 5.41) is 0.744. The number of pyridine rings is 1. The molecule has 2 rings (SSSR count). The molecular weight excluding hydrogens is 304 g/mol. The number of rotatable bonds is 7. The van der Waals surface area contributed by atoms with Crippen LogP contribution in [0.2, 0.25) is 5.02 Å². The fraction of sp³-hybridized carbons (Fsp3) is 0.312. The van der Waals surface area contributed by atoms with Gasteiger partial charge in [-0.2, -0.15) is 0 Å². The number of nitrogens with two attached hydrogens (primary N) is 1. The fourth-order valence-electron chi connectivity index (χ4n) is 1.75. The van der Waals surface area contributed by atoms with Crippen molar-refractivity contribution in [3.8, 4) is 5.75 Å². The summed E-state index contributed by atoms with van der Waals surface area (Å²) in [6, 6.07) is 9.66. The number of nitrogens with zero attached hydrogens (tertiary/aromatic N) is 1. The zero-order chi connectivity index (χ0) is 15.1. The first-order valence-corrected chi connectivity index (χ1v) is 8.27. The van der Waals surface area contributed by atoms with Gasteiger partial charge in [0.15, 0.2) is 0 Å². The van der Waals surface area contributed by atoms with Crippen LogP contribution in [0.3, 0.4) is 0 Å². The minimum Gasteiger partial charge on any atom is -0.492 e. The molecule has 0 aliphatic carbocycles. The van der Waals surface area contributed by atoms with Gasteiger partial charge in [-0.3, -0.25) is 4.98 Å². The van der Waals surface area contributed by atoms with Gasteiger partial charge in [-0.15, -0.1) is 11.8 Å². The lowest BCUT2D eigenvalue weighted by atomic mass is 10.1. The van der Waals surface area contributed by atoms with Crippen LogP contribution in [0.25, 0.3) is 0 Å². The van der Waals surface area contributed by atoms with Crippen molar-refractivity contribution in [2.24, 2.45) is 5.73 Å². The van der Waals surface area contributed by atoms with E-state index in [4.69, 9.17) is 22.1 Å². The standard InChI is InChI=1S/C16H19ClN2OS/c1-2-7-20-14-8-12(9-19-10-14)16(18)11-21-15-5-3-13(17)4-6-15/h3-6,8-10,16H,2,7,11,18H2,1H3. The molecule has 1 unspecified atom stereocenters. The van der Waals surface area contributed by atoms with E-state index >= 15 is 0 Å². The quantitative estimate of drug-likeness (QED) is 0.771. The number of benzene rings is 1. The molecule has 1 atom stereocenters. The molecule has 0 aliphatic rings. The second-order valence-corrected chi connectivity index (χ2v) is 6.20. The first kappa shape index (κ1) is 16.1. The Kier molecular flexibility index (Phi) is 6.36. The molecule has 0 radical (unpaired) electrons. The Morgan fingerprint density at radius 3 is 2.76 bits per heavy atom. The minimum atomic E-state index is -0.0802. The largest absolute Gasteiger partial charge is 0.492 e. The number of hydrogen-bond donors (Lipinski definition) is 1. The van der Waals surface area contributed by atoms with Crippen molar-refractivity contribution >= 4 is 23.4 Å². The number of halogens is 1. The Labute approximate surface area is 134 Å². The average Bonchev–Trinajstić information content (AvgIpc) is 2.52. The highest BCUT2D eigenvalue weighted by Crippen LogP contribution is 2.25. The van der Waals surface area contributed by atoms with E-state index in [1.165, 1.54) is 0 Å². The minimum absolute atomic E-state index is 0.0802. The van der Waals surface area contributed by atoms with Crippen LogP contribution in [0.5, 0.6) is 5.75 Å². The van der Waals surface area contributed by atoms with E-state index in [9.17, 15) is 0 Å². The van der Waals surface area contributed by atoms with Crippen molar-refractivity contribution in [1.29, 1.82) is 0 Å². The number of aromatic nitrogens is 1. The molecule has 0 bridgehead atoms. The van der Waals surface area contributed by atoms with Gasteiger partial charge in [0.2, 0.25) is 0 Å². The van der Waals surface area contributed by atoms with Crippen molar-refractivity contribution in [3.05, 3.63) is 53.3 Å².